The number of rotatable bonds is 5. The molecule has 0 amide bonds. The second-order valence-electron chi connectivity index (χ2n) is 4.55. The van der Waals surface area contributed by atoms with Gasteiger partial charge in [-0.15, -0.1) is 11.8 Å². The highest BCUT2D eigenvalue weighted by Gasteiger charge is 2.12. The van der Waals surface area contributed by atoms with Gasteiger partial charge in [-0.25, -0.2) is 0 Å². The molecule has 1 unspecified atom stereocenters. The van der Waals surface area contributed by atoms with Crippen LogP contribution in [0.5, 0.6) is 0 Å². The zero-order valence-electron chi connectivity index (χ0n) is 11.6. The maximum atomic E-state index is 4.42. The van der Waals surface area contributed by atoms with Crippen LogP contribution in [0.15, 0.2) is 36.5 Å². The summed E-state index contributed by atoms with van der Waals surface area (Å²) < 4.78 is 0. The van der Waals surface area contributed by atoms with Crippen molar-refractivity contribution in [2.75, 3.05) is 6.54 Å². The first kappa shape index (κ1) is 13.6. The summed E-state index contributed by atoms with van der Waals surface area (Å²) >= 11 is 0. The van der Waals surface area contributed by atoms with Crippen LogP contribution in [0.2, 0.25) is 0 Å². The fourth-order valence-corrected chi connectivity index (χ4v) is 2.24. The van der Waals surface area contributed by atoms with Crippen LogP contribution >= 0.6 is 0 Å². The highest BCUT2D eigenvalue weighted by molar-refractivity contribution is 5.82. The van der Waals surface area contributed by atoms with E-state index in [0.29, 0.717) is 0 Å². The minimum atomic E-state index is 0.278. The van der Waals surface area contributed by atoms with E-state index in [1.54, 1.807) is 0 Å². The summed E-state index contributed by atoms with van der Waals surface area (Å²) in [5, 5.41) is 4.80. The molecule has 1 N–H and O–H groups in total. The lowest BCUT2D eigenvalue weighted by atomic mass is 9.99. The van der Waals surface area contributed by atoms with Crippen LogP contribution in [0, 0.1) is 11.8 Å². The molecule has 1 heterocycles. The molecule has 2 heteroatoms. The van der Waals surface area contributed by atoms with Gasteiger partial charge >= 0.3 is 0 Å². The Morgan fingerprint density at radius 3 is 2.89 bits per heavy atom. The lowest BCUT2D eigenvalue weighted by Gasteiger charge is -2.18. The van der Waals surface area contributed by atoms with E-state index in [-0.39, 0.29) is 6.04 Å². The van der Waals surface area contributed by atoms with Gasteiger partial charge in [-0.1, -0.05) is 25.1 Å². The number of hydrogen-bond donors (Lipinski definition) is 1. The van der Waals surface area contributed by atoms with Crippen molar-refractivity contribution < 1.29 is 0 Å². The fourth-order valence-electron chi connectivity index (χ4n) is 2.24. The number of pyridine rings is 1. The standard InChI is InChI=1S/C17H20N2/c1-3-5-9-16(18-12-4-2)15-11-13-19-17-10-7-6-8-14(15)17/h6-8,10-11,13,16,18H,4,9,12H2,1-2H3. The monoisotopic (exact) mass is 252 g/mol. The maximum Gasteiger partial charge on any atom is 0.0705 e. The van der Waals surface area contributed by atoms with Gasteiger partial charge in [0.15, 0.2) is 0 Å². The van der Waals surface area contributed by atoms with Crippen molar-refractivity contribution in [2.24, 2.45) is 0 Å². The molecule has 2 nitrogen and oxygen atoms in total. The van der Waals surface area contributed by atoms with Crippen LogP contribution in [-0.4, -0.2) is 11.5 Å². The Hall–Kier alpha value is -1.85. The van der Waals surface area contributed by atoms with Gasteiger partial charge in [-0.3, -0.25) is 4.98 Å². The highest BCUT2D eigenvalue weighted by atomic mass is 14.9. The molecule has 0 aliphatic carbocycles. The van der Waals surface area contributed by atoms with Gasteiger partial charge in [-0.05, 0) is 37.6 Å². The largest absolute Gasteiger partial charge is 0.309 e. The Bertz CT molecular complexity index is 587. The normalized spacial score (nSPS) is 11.9. The molecular formula is C17H20N2. The minimum absolute atomic E-state index is 0.278. The third kappa shape index (κ3) is 3.33. The van der Waals surface area contributed by atoms with Crippen LogP contribution in [0.1, 0.15) is 38.3 Å². The Morgan fingerprint density at radius 1 is 1.26 bits per heavy atom. The van der Waals surface area contributed by atoms with Gasteiger partial charge in [0.2, 0.25) is 0 Å². The molecule has 1 aromatic carbocycles. The summed E-state index contributed by atoms with van der Waals surface area (Å²) in [4.78, 5) is 4.42. The first-order valence-electron chi connectivity index (χ1n) is 6.83. The maximum absolute atomic E-state index is 4.42. The van der Waals surface area contributed by atoms with Crippen molar-refractivity contribution in [3.63, 3.8) is 0 Å². The van der Waals surface area contributed by atoms with Crippen molar-refractivity contribution in [3.05, 3.63) is 42.1 Å². The third-order valence-corrected chi connectivity index (χ3v) is 3.18. The summed E-state index contributed by atoms with van der Waals surface area (Å²) in [6.07, 6.45) is 3.85. The number of aromatic nitrogens is 1. The molecule has 0 aliphatic rings. The molecule has 0 fully saturated rings. The van der Waals surface area contributed by atoms with Gasteiger partial charge in [0, 0.05) is 24.0 Å². The Labute approximate surface area is 115 Å². The van der Waals surface area contributed by atoms with Gasteiger partial charge in [0.05, 0.1) is 5.52 Å². The van der Waals surface area contributed by atoms with E-state index < -0.39 is 0 Å². The van der Waals surface area contributed by atoms with E-state index in [9.17, 15) is 0 Å². The van der Waals surface area contributed by atoms with Crippen LogP contribution in [0.4, 0.5) is 0 Å². The third-order valence-electron chi connectivity index (χ3n) is 3.18. The quantitative estimate of drug-likeness (QED) is 0.821. The average Bonchev–Trinajstić information content (AvgIpc) is 2.47. The molecule has 1 atom stereocenters. The van der Waals surface area contributed by atoms with E-state index in [1.807, 2.05) is 19.2 Å². The van der Waals surface area contributed by atoms with Crippen molar-refractivity contribution in [1.29, 1.82) is 0 Å². The number of para-hydroxylation sites is 1. The van der Waals surface area contributed by atoms with Crippen molar-refractivity contribution >= 4 is 10.9 Å². The smallest absolute Gasteiger partial charge is 0.0705 e. The average molecular weight is 252 g/mol. The van der Waals surface area contributed by atoms with Gasteiger partial charge in [0.1, 0.15) is 0 Å². The minimum Gasteiger partial charge on any atom is -0.309 e. The van der Waals surface area contributed by atoms with E-state index in [0.717, 1.165) is 24.9 Å². The van der Waals surface area contributed by atoms with Crippen molar-refractivity contribution in [1.82, 2.24) is 10.3 Å². The molecular weight excluding hydrogens is 232 g/mol. The summed E-state index contributed by atoms with van der Waals surface area (Å²) in [7, 11) is 0. The first-order chi connectivity index (χ1) is 9.36. The molecule has 0 radical (unpaired) electrons. The molecule has 1 aromatic heterocycles. The van der Waals surface area contributed by atoms with Crippen LogP contribution in [-0.2, 0) is 0 Å². The lowest BCUT2D eigenvalue weighted by Crippen LogP contribution is -2.22. The van der Waals surface area contributed by atoms with Gasteiger partial charge in [0.25, 0.3) is 0 Å². The zero-order valence-corrected chi connectivity index (χ0v) is 11.6. The predicted molar refractivity (Wildman–Crippen MR) is 80.8 cm³/mol. The molecule has 0 spiro atoms. The summed E-state index contributed by atoms with van der Waals surface area (Å²) in [6, 6.07) is 10.7. The predicted octanol–water partition coefficient (Wildman–Crippen LogP) is 3.69. The van der Waals surface area contributed by atoms with Crippen molar-refractivity contribution in [3.8, 4) is 11.8 Å². The van der Waals surface area contributed by atoms with Gasteiger partial charge in [-0.2, -0.15) is 0 Å². The van der Waals surface area contributed by atoms with Gasteiger partial charge < -0.3 is 5.32 Å². The van der Waals surface area contributed by atoms with Crippen LogP contribution in [0.25, 0.3) is 10.9 Å². The van der Waals surface area contributed by atoms with E-state index >= 15 is 0 Å². The molecule has 0 saturated carbocycles. The molecule has 2 aromatic rings. The molecule has 0 bridgehead atoms. The lowest BCUT2D eigenvalue weighted by molar-refractivity contribution is 0.545. The molecule has 0 saturated heterocycles. The Kier molecular flexibility index (Phi) is 4.94. The van der Waals surface area contributed by atoms with Crippen molar-refractivity contribution in [2.45, 2.75) is 32.7 Å². The topological polar surface area (TPSA) is 24.9 Å². The number of fused-ring (bicyclic) bond motifs is 1. The van der Waals surface area contributed by atoms with Crippen LogP contribution < -0.4 is 5.32 Å². The summed E-state index contributed by atoms with van der Waals surface area (Å²) in [5.41, 5.74) is 2.34. The summed E-state index contributed by atoms with van der Waals surface area (Å²) in [6.45, 7) is 5.08. The molecule has 0 aliphatic heterocycles. The molecule has 98 valence electrons. The second-order valence-corrected chi connectivity index (χ2v) is 4.55. The molecule has 19 heavy (non-hydrogen) atoms. The number of nitrogens with zero attached hydrogens (tertiary/aromatic N) is 1. The fraction of sp³-hybridized carbons (Fsp3) is 0.353. The number of nitrogens with one attached hydrogen (secondary N) is 1. The SMILES string of the molecule is CC#CCC(NCCC)c1ccnc2ccccc12. The van der Waals surface area contributed by atoms with E-state index in [2.05, 4.69) is 53.3 Å². The zero-order chi connectivity index (χ0) is 13.5. The number of hydrogen-bond acceptors (Lipinski definition) is 2. The Morgan fingerprint density at radius 2 is 2.11 bits per heavy atom. The Balaban J connectivity index is 2.38. The molecule has 2 rings (SSSR count). The van der Waals surface area contributed by atoms with E-state index in [1.165, 1.54) is 10.9 Å². The number of benzene rings is 1. The van der Waals surface area contributed by atoms with Crippen LogP contribution in [0.3, 0.4) is 0 Å². The summed E-state index contributed by atoms with van der Waals surface area (Å²) in [5.74, 6) is 6.17. The first-order valence-corrected chi connectivity index (χ1v) is 6.83. The van der Waals surface area contributed by atoms with E-state index in [4.69, 9.17) is 0 Å². The highest BCUT2D eigenvalue weighted by Crippen LogP contribution is 2.24. The second kappa shape index (κ2) is 6.92.